The normalized spacial score (nSPS) is 17.1. The number of nitrogens with two attached hydrogens (primary N) is 4. The third kappa shape index (κ3) is 23.4. The molecule has 73 heavy (non-hydrogen) atoms. The van der Waals surface area contributed by atoms with E-state index in [2.05, 4.69) is 55.2 Å². The third-order valence-corrected chi connectivity index (χ3v) is 12.0. The molecule has 1 fully saturated rings. The van der Waals surface area contributed by atoms with Crippen LogP contribution in [0.3, 0.4) is 0 Å². The fraction of sp³-hybridized carbons (Fsp3) is 0.756. The van der Waals surface area contributed by atoms with E-state index in [0.717, 1.165) is 4.90 Å². The SMILES string of the molecule is CC(C)C[C@H](NC(=O)[C@H](CC(C)C)NC(=O)[C@@H](N)CCCCN)C(=O)N[C@@H](C)C(=O)N[C@@H](CO)C(=O)N[C@@H](CS)C(=O)N[C@@H](CC(N)=O)C(=O)N1CCC[C@H]1C(=O)N[C@@H](CO)C(=O)N[C@@H](CCCCN)C(=O)O. The van der Waals surface area contributed by atoms with Gasteiger partial charge in [0.25, 0.3) is 0 Å². The minimum atomic E-state index is -1.71. The molecule has 416 valence electrons. The van der Waals surface area contributed by atoms with E-state index in [1.807, 2.05) is 13.8 Å². The van der Waals surface area contributed by atoms with Crippen molar-refractivity contribution in [2.45, 2.75) is 166 Å². The Bertz CT molecular complexity index is 1880. The first kappa shape index (κ1) is 65.3. The van der Waals surface area contributed by atoms with Gasteiger partial charge in [0.05, 0.1) is 25.7 Å². The van der Waals surface area contributed by atoms with Crippen molar-refractivity contribution in [2.24, 2.45) is 34.8 Å². The van der Waals surface area contributed by atoms with Crippen molar-refractivity contribution in [1.29, 1.82) is 0 Å². The van der Waals surface area contributed by atoms with Gasteiger partial charge in [-0.05, 0) is 89.6 Å². The number of aliphatic hydroxyl groups is 2. The van der Waals surface area contributed by atoms with Crippen molar-refractivity contribution in [3.63, 3.8) is 0 Å². The van der Waals surface area contributed by atoms with E-state index >= 15 is 0 Å². The van der Waals surface area contributed by atoms with Crippen molar-refractivity contribution in [3.05, 3.63) is 0 Å². The number of nitrogens with one attached hydrogen (secondary N) is 8. The van der Waals surface area contributed by atoms with Crippen LogP contribution in [0.1, 0.15) is 105 Å². The molecule has 10 amide bonds. The second kappa shape index (κ2) is 33.9. The standard InChI is InChI=1S/C45H81N13O14S/c1-23(2)17-28(53-39(65)29(18-24(3)4)52-37(63)26(48)11-6-8-14-46)38(64)50-25(5)36(62)55-31(20-59)41(67)57-33(22-73)42(68)54-30(19-35(49)61)44(70)58-16-10-13-34(58)43(69)56-32(21-60)40(66)51-27(45(71)72)12-7-9-15-47/h23-34,59-60,73H,6-22,46-48H2,1-5H3,(H2,49,61)(H,50,64)(H,51,66)(H,52,63)(H,53,65)(H,54,68)(H,55,62)(H,56,69)(H,57,67)(H,71,72)/t25-,26-,27-,28-,29-,30-,31-,32-,33-,34-/m0/s1. The van der Waals surface area contributed by atoms with Crippen LogP contribution in [0.5, 0.6) is 0 Å². The second-order valence-corrected chi connectivity index (χ2v) is 19.2. The fourth-order valence-electron chi connectivity index (χ4n) is 7.59. The van der Waals surface area contributed by atoms with Crippen LogP contribution in [0.4, 0.5) is 0 Å². The highest BCUT2D eigenvalue weighted by Gasteiger charge is 2.41. The molecule has 1 aliphatic heterocycles. The van der Waals surface area contributed by atoms with Gasteiger partial charge in [-0.1, -0.05) is 34.1 Å². The van der Waals surface area contributed by atoms with Crippen LogP contribution < -0.4 is 65.5 Å². The summed E-state index contributed by atoms with van der Waals surface area (Å²) in [6.07, 6.45) is 2.42. The number of aliphatic hydroxyl groups excluding tert-OH is 2. The van der Waals surface area contributed by atoms with Gasteiger partial charge in [0.15, 0.2) is 0 Å². The Morgan fingerprint density at radius 2 is 1.01 bits per heavy atom. The first-order chi connectivity index (χ1) is 34.3. The van der Waals surface area contributed by atoms with Gasteiger partial charge in [-0.15, -0.1) is 0 Å². The maximum absolute atomic E-state index is 13.9. The van der Waals surface area contributed by atoms with E-state index in [4.69, 9.17) is 22.9 Å². The number of carboxylic acids is 1. The summed E-state index contributed by atoms with van der Waals surface area (Å²) in [5.74, 6) is -10.9. The van der Waals surface area contributed by atoms with Crippen molar-refractivity contribution in [2.75, 3.05) is 38.6 Å². The lowest BCUT2D eigenvalue weighted by atomic mass is 9.99. The zero-order valence-electron chi connectivity index (χ0n) is 42.5. The molecule has 10 atom stereocenters. The number of unbranched alkanes of at least 4 members (excludes halogenated alkanes) is 2. The summed E-state index contributed by atoms with van der Waals surface area (Å²) in [4.78, 5) is 145. The predicted octanol–water partition coefficient (Wildman–Crippen LogP) is -5.57. The molecule has 1 rings (SSSR count). The molecule has 0 bridgehead atoms. The number of carbonyl (C=O) groups is 11. The lowest BCUT2D eigenvalue weighted by Gasteiger charge is -2.30. The minimum Gasteiger partial charge on any atom is -0.480 e. The Morgan fingerprint density at radius 3 is 1.51 bits per heavy atom. The van der Waals surface area contributed by atoms with Crippen LogP contribution >= 0.6 is 12.6 Å². The van der Waals surface area contributed by atoms with Gasteiger partial charge >= 0.3 is 5.97 Å². The quantitative estimate of drug-likeness (QED) is 0.0208. The molecule has 0 aliphatic carbocycles. The van der Waals surface area contributed by atoms with Gasteiger partial charge in [0.1, 0.15) is 54.4 Å². The van der Waals surface area contributed by atoms with E-state index in [1.165, 1.54) is 6.92 Å². The number of nitrogens with zero attached hydrogens (tertiary/aromatic N) is 1. The second-order valence-electron chi connectivity index (χ2n) is 18.8. The van der Waals surface area contributed by atoms with E-state index in [1.54, 1.807) is 13.8 Å². The van der Waals surface area contributed by atoms with Crippen LogP contribution in [0.2, 0.25) is 0 Å². The molecule has 1 saturated heterocycles. The van der Waals surface area contributed by atoms with Gasteiger partial charge in [0, 0.05) is 12.3 Å². The molecular formula is C45H81N13O14S. The lowest BCUT2D eigenvalue weighted by Crippen LogP contribution is -2.61. The van der Waals surface area contributed by atoms with Gasteiger partial charge < -0.3 is 85.7 Å². The molecule has 0 radical (unpaired) electrons. The molecule has 0 unspecified atom stereocenters. The number of hydrogen-bond donors (Lipinski definition) is 16. The molecule has 0 aromatic carbocycles. The zero-order valence-corrected chi connectivity index (χ0v) is 43.4. The molecule has 1 aliphatic rings. The highest BCUT2D eigenvalue weighted by molar-refractivity contribution is 7.80. The minimum absolute atomic E-state index is 0.0297. The van der Waals surface area contributed by atoms with Crippen molar-refractivity contribution in [1.82, 2.24) is 47.4 Å². The number of carbonyl (C=O) groups excluding carboxylic acids is 10. The molecule has 1 heterocycles. The molecule has 0 aromatic heterocycles. The van der Waals surface area contributed by atoms with E-state index in [-0.39, 0.29) is 50.5 Å². The van der Waals surface area contributed by atoms with Crippen LogP contribution in [0.25, 0.3) is 0 Å². The van der Waals surface area contributed by atoms with Crippen LogP contribution in [0, 0.1) is 11.8 Å². The van der Waals surface area contributed by atoms with Crippen LogP contribution in [-0.4, -0.2) is 184 Å². The van der Waals surface area contributed by atoms with E-state index < -0.39 is 151 Å². The number of thiol groups is 1. The predicted molar refractivity (Wildman–Crippen MR) is 268 cm³/mol. The smallest absolute Gasteiger partial charge is 0.326 e. The average Bonchev–Trinajstić information content (AvgIpc) is 3.82. The summed E-state index contributed by atoms with van der Waals surface area (Å²) in [5, 5.41) is 48.9. The number of primary amides is 1. The van der Waals surface area contributed by atoms with Crippen molar-refractivity contribution >= 4 is 77.7 Å². The number of aliphatic carboxylic acids is 1. The van der Waals surface area contributed by atoms with E-state index in [9.17, 15) is 68.1 Å². The Hall–Kier alpha value is -5.68. The maximum atomic E-state index is 13.9. The number of rotatable bonds is 35. The summed E-state index contributed by atoms with van der Waals surface area (Å²) in [7, 11) is 0. The Kier molecular flexibility index (Phi) is 30.4. The monoisotopic (exact) mass is 1060 g/mol. The lowest BCUT2D eigenvalue weighted by molar-refractivity contribution is -0.144. The van der Waals surface area contributed by atoms with Crippen molar-refractivity contribution < 1.29 is 68.1 Å². The molecular weight excluding hydrogens is 979 g/mol. The van der Waals surface area contributed by atoms with Crippen molar-refractivity contribution in [3.8, 4) is 0 Å². The molecule has 19 N–H and O–H groups in total. The topological polar surface area (TPSA) is 452 Å². The molecule has 27 nitrogen and oxygen atoms in total. The molecule has 0 spiro atoms. The van der Waals surface area contributed by atoms with Crippen LogP contribution in [0.15, 0.2) is 0 Å². The van der Waals surface area contributed by atoms with Gasteiger partial charge in [0.2, 0.25) is 59.1 Å². The van der Waals surface area contributed by atoms with E-state index in [0.29, 0.717) is 45.2 Å². The Morgan fingerprint density at radius 1 is 0.575 bits per heavy atom. The zero-order chi connectivity index (χ0) is 55.5. The highest BCUT2D eigenvalue weighted by atomic mass is 32.1. The fourth-order valence-corrected chi connectivity index (χ4v) is 7.85. The van der Waals surface area contributed by atoms with Crippen LogP contribution in [-0.2, 0) is 52.7 Å². The first-order valence-corrected chi connectivity index (χ1v) is 25.2. The molecule has 0 aromatic rings. The molecule has 0 saturated carbocycles. The Balaban J connectivity index is 3.09. The number of carboxylic acid groups (broad SMARTS) is 1. The largest absolute Gasteiger partial charge is 0.480 e. The number of likely N-dealkylation sites (tertiary alicyclic amines) is 1. The molecule has 28 heteroatoms. The summed E-state index contributed by atoms with van der Waals surface area (Å²) < 4.78 is 0. The maximum Gasteiger partial charge on any atom is 0.326 e. The summed E-state index contributed by atoms with van der Waals surface area (Å²) in [5.41, 5.74) is 22.5. The summed E-state index contributed by atoms with van der Waals surface area (Å²) in [6, 6.07) is -13.7. The average molecular weight is 1060 g/mol. The summed E-state index contributed by atoms with van der Waals surface area (Å²) in [6.45, 7) is 7.32. The Labute approximate surface area is 431 Å². The third-order valence-electron chi connectivity index (χ3n) is 11.6. The number of hydrogen-bond acceptors (Lipinski definition) is 17. The first-order valence-electron chi connectivity index (χ1n) is 24.6. The van der Waals surface area contributed by atoms with Gasteiger partial charge in [-0.3, -0.25) is 47.9 Å². The van der Waals surface area contributed by atoms with Gasteiger partial charge in [-0.2, -0.15) is 12.6 Å². The number of amides is 10. The van der Waals surface area contributed by atoms with Gasteiger partial charge in [-0.25, -0.2) is 4.79 Å². The summed E-state index contributed by atoms with van der Waals surface area (Å²) >= 11 is 4.12. The highest BCUT2D eigenvalue weighted by Crippen LogP contribution is 2.20.